The summed E-state index contributed by atoms with van der Waals surface area (Å²) < 4.78 is 19.4. The highest BCUT2D eigenvalue weighted by atomic mass is 79.9. The number of hydrogen-bond donors (Lipinski definition) is 1. The molecule has 20 heavy (non-hydrogen) atoms. The van der Waals surface area contributed by atoms with Gasteiger partial charge in [-0.15, -0.1) is 0 Å². The predicted octanol–water partition coefficient (Wildman–Crippen LogP) is 3.50. The van der Waals surface area contributed by atoms with Crippen LogP contribution in [0, 0.1) is 5.82 Å². The molecule has 2 aromatic rings. The maximum atomic E-state index is 13.4. The molecule has 0 saturated carbocycles. The number of benzene rings is 1. The zero-order valence-electron chi connectivity index (χ0n) is 11.4. The Morgan fingerprint density at radius 3 is 2.75 bits per heavy atom. The lowest BCUT2D eigenvalue weighted by Gasteiger charge is -2.17. The van der Waals surface area contributed by atoms with Crippen molar-refractivity contribution < 1.29 is 9.13 Å². The van der Waals surface area contributed by atoms with E-state index in [1.807, 2.05) is 19.2 Å². The summed E-state index contributed by atoms with van der Waals surface area (Å²) in [6.45, 7) is 0. The lowest BCUT2D eigenvalue weighted by molar-refractivity contribution is 0.385. The SMILES string of the molecule is CNC(Cc1ccc(Br)cn1)c1ccc(F)c(OC)c1. The number of ether oxygens (including phenoxy) is 1. The second-order valence-electron chi connectivity index (χ2n) is 4.41. The van der Waals surface area contributed by atoms with Gasteiger partial charge in [0.05, 0.1) is 7.11 Å². The first-order chi connectivity index (χ1) is 9.63. The molecule has 106 valence electrons. The van der Waals surface area contributed by atoms with Gasteiger partial charge < -0.3 is 10.1 Å². The third kappa shape index (κ3) is 3.55. The van der Waals surface area contributed by atoms with Crippen LogP contribution in [0.4, 0.5) is 4.39 Å². The summed E-state index contributed by atoms with van der Waals surface area (Å²) >= 11 is 3.36. The number of nitrogens with zero attached hydrogens (tertiary/aromatic N) is 1. The van der Waals surface area contributed by atoms with Crippen LogP contribution < -0.4 is 10.1 Å². The van der Waals surface area contributed by atoms with Crippen molar-refractivity contribution >= 4 is 15.9 Å². The van der Waals surface area contributed by atoms with Crippen molar-refractivity contribution in [2.45, 2.75) is 12.5 Å². The van der Waals surface area contributed by atoms with Crippen molar-refractivity contribution in [1.82, 2.24) is 10.3 Å². The van der Waals surface area contributed by atoms with Gasteiger partial charge in [0.1, 0.15) is 0 Å². The van der Waals surface area contributed by atoms with Crippen LogP contribution in [0.25, 0.3) is 0 Å². The third-order valence-electron chi connectivity index (χ3n) is 3.13. The first-order valence-corrected chi connectivity index (χ1v) is 7.04. The summed E-state index contributed by atoms with van der Waals surface area (Å²) in [4.78, 5) is 4.36. The molecular weight excluding hydrogens is 323 g/mol. The second kappa shape index (κ2) is 6.81. The number of hydrogen-bond acceptors (Lipinski definition) is 3. The van der Waals surface area contributed by atoms with Crippen molar-refractivity contribution in [2.75, 3.05) is 14.2 Å². The molecule has 2 rings (SSSR count). The van der Waals surface area contributed by atoms with Crippen LogP contribution in [-0.2, 0) is 6.42 Å². The van der Waals surface area contributed by atoms with E-state index in [4.69, 9.17) is 4.74 Å². The van der Waals surface area contributed by atoms with E-state index >= 15 is 0 Å². The summed E-state index contributed by atoms with van der Waals surface area (Å²) in [5.41, 5.74) is 1.94. The Morgan fingerprint density at radius 1 is 1.35 bits per heavy atom. The van der Waals surface area contributed by atoms with Gasteiger partial charge in [0.15, 0.2) is 11.6 Å². The molecule has 1 atom stereocenters. The van der Waals surface area contributed by atoms with Crippen LogP contribution in [0.15, 0.2) is 41.0 Å². The molecule has 1 heterocycles. The topological polar surface area (TPSA) is 34.2 Å². The molecule has 0 radical (unpaired) electrons. The normalized spacial score (nSPS) is 12.2. The van der Waals surface area contributed by atoms with E-state index in [1.165, 1.54) is 13.2 Å². The van der Waals surface area contributed by atoms with Crippen LogP contribution in [0.3, 0.4) is 0 Å². The standard InChI is InChI=1S/C15H16BrFN2O/c1-18-14(8-12-5-4-11(16)9-19-12)10-3-6-13(17)15(7-10)20-2/h3-7,9,14,18H,8H2,1-2H3. The smallest absolute Gasteiger partial charge is 0.165 e. The first-order valence-electron chi connectivity index (χ1n) is 6.25. The van der Waals surface area contributed by atoms with E-state index in [2.05, 4.69) is 26.2 Å². The molecular formula is C15H16BrFN2O. The van der Waals surface area contributed by atoms with Gasteiger partial charge in [-0.05, 0) is 52.8 Å². The van der Waals surface area contributed by atoms with Gasteiger partial charge in [0.2, 0.25) is 0 Å². The minimum atomic E-state index is -0.354. The van der Waals surface area contributed by atoms with E-state index in [9.17, 15) is 4.39 Å². The zero-order chi connectivity index (χ0) is 14.5. The molecule has 1 aromatic carbocycles. The van der Waals surface area contributed by atoms with E-state index < -0.39 is 0 Å². The minimum absolute atomic E-state index is 0.0539. The molecule has 0 aliphatic carbocycles. The Balaban J connectivity index is 2.21. The molecule has 0 fully saturated rings. The first kappa shape index (κ1) is 14.9. The highest BCUT2D eigenvalue weighted by Crippen LogP contribution is 2.24. The summed E-state index contributed by atoms with van der Waals surface area (Å²) in [5, 5.41) is 3.22. The molecule has 0 aliphatic rings. The van der Waals surface area contributed by atoms with Crippen molar-refractivity contribution in [3.05, 3.63) is 58.1 Å². The number of likely N-dealkylation sites (N-methyl/N-ethyl adjacent to an activating group) is 1. The molecule has 1 unspecified atom stereocenters. The van der Waals surface area contributed by atoms with Gasteiger partial charge in [0, 0.05) is 28.8 Å². The van der Waals surface area contributed by atoms with Crippen LogP contribution in [0.5, 0.6) is 5.75 Å². The third-order valence-corrected chi connectivity index (χ3v) is 3.60. The van der Waals surface area contributed by atoms with Crippen LogP contribution >= 0.6 is 15.9 Å². The highest BCUT2D eigenvalue weighted by molar-refractivity contribution is 9.10. The summed E-state index contributed by atoms with van der Waals surface area (Å²) in [6.07, 6.45) is 2.49. The lowest BCUT2D eigenvalue weighted by Crippen LogP contribution is -2.19. The molecule has 0 aliphatic heterocycles. The number of aromatic nitrogens is 1. The summed E-state index contributed by atoms with van der Waals surface area (Å²) in [5.74, 6) is -0.0978. The van der Waals surface area contributed by atoms with E-state index in [0.717, 1.165) is 22.2 Å². The monoisotopic (exact) mass is 338 g/mol. The number of rotatable bonds is 5. The molecule has 0 spiro atoms. The van der Waals surface area contributed by atoms with Gasteiger partial charge in [-0.3, -0.25) is 4.98 Å². The average molecular weight is 339 g/mol. The molecule has 3 nitrogen and oxygen atoms in total. The number of methoxy groups -OCH3 is 1. The van der Waals surface area contributed by atoms with Gasteiger partial charge in [-0.2, -0.15) is 0 Å². The predicted molar refractivity (Wildman–Crippen MR) is 80.4 cm³/mol. The van der Waals surface area contributed by atoms with Gasteiger partial charge >= 0.3 is 0 Å². The number of halogens is 2. The van der Waals surface area contributed by atoms with E-state index in [0.29, 0.717) is 0 Å². The largest absolute Gasteiger partial charge is 0.494 e. The zero-order valence-corrected chi connectivity index (χ0v) is 12.9. The molecule has 5 heteroatoms. The van der Waals surface area contributed by atoms with Gasteiger partial charge in [0.25, 0.3) is 0 Å². The Hall–Kier alpha value is -1.46. The van der Waals surface area contributed by atoms with E-state index in [-0.39, 0.29) is 17.6 Å². The number of pyridine rings is 1. The summed E-state index contributed by atoms with van der Waals surface area (Å²) in [6, 6.07) is 8.88. The average Bonchev–Trinajstić information content (AvgIpc) is 2.47. The van der Waals surface area contributed by atoms with Crippen molar-refractivity contribution in [3.8, 4) is 5.75 Å². The lowest BCUT2D eigenvalue weighted by atomic mass is 10.0. The molecule has 1 aromatic heterocycles. The van der Waals surface area contributed by atoms with Crippen molar-refractivity contribution in [1.29, 1.82) is 0 Å². The number of nitrogens with one attached hydrogen (secondary N) is 1. The fourth-order valence-corrected chi connectivity index (χ4v) is 2.25. The second-order valence-corrected chi connectivity index (χ2v) is 5.32. The maximum absolute atomic E-state index is 13.4. The van der Waals surface area contributed by atoms with E-state index in [1.54, 1.807) is 18.3 Å². The maximum Gasteiger partial charge on any atom is 0.165 e. The Kier molecular flexibility index (Phi) is 5.09. The Bertz CT molecular complexity index is 575. The molecule has 1 N–H and O–H groups in total. The molecule has 0 bridgehead atoms. The van der Waals surface area contributed by atoms with Crippen LogP contribution in [-0.4, -0.2) is 19.1 Å². The van der Waals surface area contributed by atoms with Gasteiger partial charge in [-0.25, -0.2) is 4.39 Å². The Labute approximate surface area is 126 Å². The van der Waals surface area contributed by atoms with Crippen molar-refractivity contribution in [3.63, 3.8) is 0 Å². The molecule has 0 saturated heterocycles. The van der Waals surface area contributed by atoms with Crippen molar-refractivity contribution in [2.24, 2.45) is 0 Å². The van der Waals surface area contributed by atoms with Gasteiger partial charge in [-0.1, -0.05) is 6.07 Å². The molecule has 0 amide bonds. The minimum Gasteiger partial charge on any atom is -0.494 e. The van der Waals surface area contributed by atoms with Crippen LogP contribution in [0.2, 0.25) is 0 Å². The summed E-state index contributed by atoms with van der Waals surface area (Å²) in [7, 11) is 3.34. The Morgan fingerprint density at radius 2 is 2.15 bits per heavy atom. The van der Waals surface area contributed by atoms with Crippen LogP contribution in [0.1, 0.15) is 17.3 Å². The fourth-order valence-electron chi connectivity index (χ4n) is 2.02. The quantitative estimate of drug-likeness (QED) is 0.905. The fraction of sp³-hybridized carbons (Fsp3) is 0.267. The highest BCUT2D eigenvalue weighted by Gasteiger charge is 2.13.